The van der Waals surface area contributed by atoms with Crippen molar-refractivity contribution in [3.05, 3.63) is 0 Å². The third kappa shape index (κ3) is 2.16. The van der Waals surface area contributed by atoms with Crippen molar-refractivity contribution >= 4 is 5.91 Å². The standard InChI is InChI=1S/C11H22N2O2/c1-8(2)11(12)6-13(7-11)9(14)10(3,4)15-5/h8H,6-7,12H2,1-5H3. The van der Waals surface area contributed by atoms with E-state index < -0.39 is 5.60 Å². The first-order valence-electron chi connectivity index (χ1n) is 5.36. The molecule has 0 atom stereocenters. The first-order valence-corrected chi connectivity index (χ1v) is 5.36. The lowest BCUT2D eigenvalue weighted by molar-refractivity contribution is -0.160. The van der Waals surface area contributed by atoms with Gasteiger partial charge in [-0.1, -0.05) is 13.8 Å². The number of nitrogens with zero attached hydrogens (tertiary/aromatic N) is 1. The lowest BCUT2D eigenvalue weighted by Gasteiger charge is -2.51. The molecule has 1 heterocycles. The third-order valence-electron chi connectivity index (χ3n) is 3.43. The van der Waals surface area contributed by atoms with Gasteiger partial charge in [-0.25, -0.2) is 0 Å². The van der Waals surface area contributed by atoms with Crippen LogP contribution >= 0.6 is 0 Å². The van der Waals surface area contributed by atoms with Crippen LogP contribution in [0.5, 0.6) is 0 Å². The highest BCUT2D eigenvalue weighted by Gasteiger charge is 2.47. The van der Waals surface area contributed by atoms with Gasteiger partial charge < -0.3 is 15.4 Å². The van der Waals surface area contributed by atoms with E-state index in [0.717, 1.165) is 0 Å². The van der Waals surface area contributed by atoms with E-state index in [4.69, 9.17) is 10.5 Å². The SMILES string of the molecule is COC(C)(C)C(=O)N1CC(N)(C(C)C)C1. The summed E-state index contributed by atoms with van der Waals surface area (Å²) < 4.78 is 5.15. The van der Waals surface area contributed by atoms with Gasteiger partial charge in [0.25, 0.3) is 5.91 Å². The van der Waals surface area contributed by atoms with Gasteiger partial charge in [0.05, 0.1) is 5.54 Å². The van der Waals surface area contributed by atoms with Crippen LogP contribution in [0.4, 0.5) is 0 Å². The van der Waals surface area contributed by atoms with Gasteiger partial charge >= 0.3 is 0 Å². The average molecular weight is 214 g/mol. The van der Waals surface area contributed by atoms with Gasteiger partial charge in [0.2, 0.25) is 0 Å². The fraction of sp³-hybridized carbons (Fsp3) is 0.909. The quantitative estimate of drug-likeness (QED) is 0.749. The number of carbonyl (C=O) groups excluding carboxylic acids is 1. The van der Waals surface area contributed by atoms with Gasteiger partial charge in [0.15, 0.2) is 0 Å². The summed E-state index contributed by atoms with van der Waals surface area (Å²) in [5.74, 6) is 0.416. The summed E-state index contributed by atoms with van der Waals surface area (Å²) in [7, 11) is 1.55. The molecule has 1 fully saturated rings. The molecule has 0 saturated carbocycles. The number of carbonyl (C=O) groups is 1. The molecule has 4 nitrogen and oxygen atoms in total. The van der Waals surface area contributed by atoms with Gasteiger partial charge in [0, 0.05) is 20.2 Å². The van der Waals surface area contributed by atoms with Gasteiger partial charge in [-0.3, -0.25) is 4.79 Å². The highest BCUT2D eigenvalue weighted by atomic mass is 16.5. The van der Waals surface area contributed by atoms with Gasteiger partial charge in [-0.15, -0.1) is 0 Å². The lowest BCUT2D eigenvalue weighted by Crippen LogP contribution is -2.73. The van der Waals surface area contributed by atoms with Crippen LogP contribution in [0, 0.1) is 5.92 Å². The Bertz CT molecular complexity index is 255. The molecule has 0 aromatic rings. The van der Waals surface area contributed by atoms with Crippen LogP contribution in [0.2, 0.25) is 0 Å². The molecule has 0 bridgehead atoms. The van der Waals surface area contributed by atoms with Gasteiger partial charge in [-0.05, 0) is 19.8 Å². The molecule has 1 aliphatic rings. The molecular weight excluding hydrogens is 192 g/mol. The summed E-state index contributed by atoms with van der Waals surface area (Å²) in [5, 5.41) is 0. The highest BCUT2D eigenvalue weighted by Crippen LogP contribution is 2.28. The van der Waals surface area contributed by atoms with Crippen molar-refractivity contribution in [1.82, 2.24) is 4.90 Å². The minimum Gasteiger partial charge on any atom is -0.369 e. The van der Waals surface area contributed by atoms with Gasteiger partial charge in [-0.2, -0.15) is 0 Å². The summed E-state index contributed by atoms with van der Waals surface area (Å²) in [6.07, 6.45) is 0. The Morgan fingerprint density at radius 1 is 1.47 bits per heavy atom. The maximum Gasteiger partial charge on any atom is 0.254 e. The number of nitrogens with two attached hydrogens (primary N) is 1. The third-order valence-corrected chi connectivity index (χ3v) is 3.43. The van der Waals surface area contributed by atoms with E-state index in [-0.39, 0.29) is 11.4 Å². The molecule has 2 N–H and O–H groups in total. The molecule has 1 saturated heterocycles. The van der Waals surface area contributed by atoms with Crippen LogP contribution in [-0.2, 0) is 9.53 Å². The van der Waals surface area contributed by atoms with Crippen molar-refractivity contribution in [2.24, 2.45) is 11.7 Å². The number of hydrogen-bond donors (Lipinski definition) is 1. The molecule has 1 amide bonds. The van der Waals surface area contributed by atoms with E-state index in [1.807, 2.05) is 0 Å². The average Bonchev–Trinajstić information content (AvgIpc) is 2.11. The first-order chi connectivity index (χ1) is 6.73. The zero-order valence-corrected chi connectivity index (χ0v) is 10.3. The fourth-order valence-electron chi connectivity index (χ4n) is 1.64. The second-order valence-corrected chi connectivity index (χ2v) is 5.26. The van der Waals surface area contributed by atoms with E-state index in [9.17, 15) is 4.79 Å². The van der Waals surface area contributed by atoms with E-state index in [1.54, 1.807) is 25.9 Å². The molecule has 1 aliphatic heterocycles. The minimum absolute atomic E-state index is 0.0201. The lowest BCUT2D eigenvalue weighted by atomic mass is 9.79. The molecule has 15 heavy (non-hydrogen) atoms. The first kappa shape index (κ1) is 12.5. The molecule has 4 heteroatoms. The number of hydrogen-bond acceptors (Lipinski definition) is 3. The van der Waals surface area contributed by atoms with E-state index in [1.165, 1.54) is 0 Å². The maximum atomic E-state index is 11.9. The summed E-state index contributed by atoms with van der Waals surface area (Å²) in [5.41, 5.74) is 5.18. The largest absolute Gasteiger partial charge is 0.369 e. The predicted molar refractivity (Wildman–Crippen MR) is 59.4 cm³/mol. The summed E-state index contributed by atoms with van der Waals surface area (Å²) in [4.78, 5) is 13.7. The minimum atomic E-state index is -0.738. The van der Waals surface area contributed by atoms with Crippen molar-refractivity contribution in [1.29, 1.82) is 0 Å². The van der Waals surface area contributed by atoms with Crippen molar-refractivity contribution in [2.75, 3.05) is 20.2 Å². The molecule has 0 aliphatic carbocycles. The number of methoxy groups -OCH3 is 1. The smallest absolute Gasteiger partial charge is 0.254 e. The number of likely N-dealkylation sites (tertiary alicyclic amines) is 1. The predicted octanol–water partition coefficient (Wildman–Crippen LogP) is 0.607. The van der Waals surface area contributed by atoms with Crippen LogP contribution < -0.4 is 5.73 Å². The Balaban J connectivity index is 2.56. The highest BCUT2D eigenvalue weighted by molar-refractivity contribution is 5.85. The number of ether oxygens (including phenoxy) is 1. The van der Waals surface area contributed by atoms with Gasteiger partial charge in [0.1, 0.15) is 5.60 Å². The van der Waals surface area contributed by atoms with Crippen LogP contribution in [0.25, 0.3) is 0 Å². The molecule has 0 aromatic heterocycles. The Labute approximate surface area is 91.8 Å². The number of amides is 1. The zero-order chi connectivity index (χ0) is 11.9. The van der Waals surface area contributed by atoms with E-state index in [2.05, 4.69) is 13.8 Å². The molecule has 88 valence electrons. The second-order valence-electron chi connectivity index (χ2n) is 5.26. The van der Waals surface area contributed by atoms with Crippen LogP contribution in [0.1, 0.15) is 27.7 Å². The number of rotatable bonds is 3. The second kappa shape index (κ2) is 3.76. The summed E-state index contributed by atoms with van der Waals surface area (Å²) in [6, 6.07) is 0. The molecule has 1 rings (SSSR count). The molecule has 0 radical (unpaired) electrons. The Morgan fingerprint density at radius 2 is 1.93 bits per heavy atom. The summed E-state index contributed by atoms with van der Waals surface area (Å²) in [6.45, 7) is 9.00. The van der Waals surface area contributed by atoms with Crippen molar-refractivity contribution in [3.63, 3.8) is 0 Å². The fourth-order valence-corrected chi connectivity index (χ4v) is 1.64. The zero-order valence-electron chi connectivity index (χ0n) is 10.3. The molecule has 0 unspecified atom stereocenters. The van der Waals surface area contributed by atoms with Crippen molar-refractivity contribution < 1.29 is 9.53 Å². The van der Waals surface area contributed by atoms with Crippen molar-refractivity contribution in [2.45, 2.75) is 38.8 Å². The Hall–Kier alpha value is -0.610. The Kier molecular flexibility index (Phi) is 3.12. The monoisotopic (exact) mass is 214 g/mol. The maximum absolute atomic E-state index is 11.9. The van der Waals surface area contributed by atoms with Crippen LogP contribution in [0.15, 0.2) is 0 Å². The topological polar surface area (TPSA) is 55.6 Å². The summed E-state index contributed by atoms with van der Waals surface area (Å²) >= 11 is 0. The van der Waals surface area contributed by atoms with E-state index in [0.29, 0.717) is 19.0 Å². The molecule has 0 aromatic carbocycles. The van der Waals surface area contributed by atoms with Crippen molar-refractivity contribution in [3.8, 4) is 0 Å². The van der Waals surface area contributed by atoms with Crippen LogP contribution in [0.3, 0.4) is 0 Å². The molecule has 0 spiro atoms. The molecular formula is C11H22N2O2. The van der Waals surface area contributed by atoms with E-state index >= 15 is 0 Å². The normalized spacial score (nSPS) is 20.3. The van der Waals surface area contributed by atoms with Crippen LogP contribution in [-0.4, -0.2) is 42.1 Å². The Morgan fingerprint density at radius 3 is 2.27 bits per heavy atom.